The lowest BCUT2D eigenvalue weighted by Gasteiger charge is -2.17. The Hall–Kier alpha value is -0.840. The molecule has 5 heteroatoms. The molecule has 0 spiro atoms. The van der Waals surface area contributed by atoms with Gasteiger partial charge in [0.2, 0.25) is 11.1 Å². The van der Waals surface area contributed by atoms with Crippen LogP contribution in [-0.2, 0) is 0 Å². The van der Waals surface area contributed by atoms with Gasteiger partial charge in [0.25, 0.3) is 0 Å². The van der Waals surface area contributed by atoms with Gasteiger partial charge in [0.05, 0.1) is 0 Å². The second kappa shape index (κ2) is 3.38. The van der Waals surface area contributed by atoms with Gasteiger partial charge in [-0.15, -0.1) is 0 Å². The minimum absolute atomic E-state index is 0.370. The van der Waals surface area contributed by atoms with E-state index in [9.17, 15) is 0 Å². The molecule has 0 bridgehead atoms. The van der Waals surface area contributed by atoms with Crippen LogP contribution in [0.2, 0.25) is 0 Å². The monoisotopic (exact) mass is 212 g/mol. The van der Waals surface area contributed by atoms with Gasteiger partial charge >= 0.3 is 0 Å². The van der Waals surface area contributed by atoms with Crippen LogP contribution < -0.4 is 11.1 Å². The lowest BCUT2D eigenvalue weighted by atomic mass is 9.92. The Morgan fingerprint density at radius 2 is 2.36 bits per heavy atom. The zero-order chi connectivity index (χ0) is 10.2. The highest BCUT2D eigenvalue weighted by atomic mass is 32.1. The quantitative estimate of drug-likeness (QED) is 0.788. The zero-order valence-electron chi connectivity index (χ0n) is 8.58. The normalized spacial score (nSPS) is 25.1. The predicted octanol–water partition coefficient (Wildman–Crippen LogP) is 2.11. The third-order valence-corrected chi connectivity index (χ3v) is 3.40. The molecule has 0 aromatic carbocycles. The molecular weight excluding hydrogens is 196 g/mol. The predicted molar refractivity (Wildman–Crippen MR) is 59.4 cm³/mol. The number of nitrogens with one attached hydrogen (secondary N) is 1. The van der Waals surface area contributed by atoms with Crippen molar-refractivity contribution in [3.8, 4) is 0 Å². The van der Waals surface area contributed by atoms with Crippen LogP contribution in [0, 0.1) is 5.41 Å². The van der Waals surface area contributed by atoms with Crippen molar-refractivity contribution in [3.05, 3.63) is 0 Å². The van der Waals surface area contributed by atoms with E-state index in [0.717, 1.165) is 5.13 Å². The van der Waals surface area contributed by atoms with Gasteiger partial charge in [0, 0.05) is 17.6 Å². The van der Waals surface area contributed by atoms with Crippen molar-refractivity contribution in [2.45, 2.75) is 39.2 Å². The number of nitrogen functional groups attached to an aromatic ring is 1. The molecule has 1 aliphatic rings. The number of nitrogens with zero attached hydrogens (tertiary/aromatic N) is 2. The van der Waals surface area contributed by atoms with Gasteiger partial charge in [-0.3, -0.25) is 0 Å². The average molecular weight is 212 g/mol. The molecule has 78 valence electrons. The molecule has 0 saturated heterocycles. The highest BCUT2D eigenvalue weighted by Crippen LogP contribution is 2.38. The lowest BCUT2D eigenvalue weighted by molar-refractivity contribution is 0.378. The Bertz CT molecular complexity index is 320. The van der Waals surface area contributed by atoms with E-state index < -0.39 is 0 Å². The van der Waals surface area contributed by atoms with Gasteiger partial charge in [-0.1, -0.05) is 13.8 Å². The van der Waals surface area contributed by atoms with E-state index in [1.54, 1.807) is 0 Å². The average Bonchev–Trinajstić information content (AvgIpc) is 2.59. The molecule has 0 amide bonds. The fourth-order valence-corrected chi connectivity index (χ4v) is 2.60. The Kier molecular flexibility index (Phi) is 2.34. The molecule has 1 atom stereocenters. The highest BCUT2D eigenvalue weighted by molar-refractivity contribution is 7.09. The molecule has 14 heavy (non-hydrogen) atoms. The van der Waals surface area contributed by atoms with Crippen molar-refractivity contribution < 1.29 is 0 Å². The van der Waals surface area contributed by atoms with Gasteiger partial charge in [0.1, 0.15) is 0 Å². The van der Waals surface area contributed by atoms with Crippen molar-refractivity contribution in [1.29, 1.82) is 0 Å². The van der Waals surface area contributed by atoms with Crippen LogP contribution in [0.1, 0.15) is 33.1 Å². The van der Waals surface area contributed by atoms with Crippen molar-refractivity contribution in [2.75, 3.05) is 11.1 Å². The molecule has 0 aliphatic heterocycles. The van der Waals surface area contributed by atoms with Crippen molar-refractivity contribution >= 4 is 22.6 Å². The SMILES string of the molecule is CC1(C)CCC(Nc2nc(N)ns2)C1. The summed E-state index contributed by atoms with van der Waals surface area (Å²) < 4.78 is 3.94. The fourth-order valence-electron chi connectivity index (χ4n) is 2.03. The standard InChI is InChI=1S/C9H16N4S/c1-9(2)4-3-6(5-9)11-8-12-7(10)13-14-8/h6H,3-5H2,1-2H3,(H3,10,11,12,13). The summed E-state index contributed by atoms with van der Waals surface area (Å²) in [5, 5.41) is 4.23. The van der Waals surface area contributed by atoms with E-state index in [1.165, 1.54) is 30.8 Å². The van der Waals surface area contributed by atoms with E-state index in [0.29, 0.717) is 17.4 Å². The first-order valence-corrected chi connectivity index (χ1v) is 5.68. The van der Waals surface area contributed by atoms with Gasteiger partial charge < -0.3 is 11.1 Å². The smallest absolute Gasteiger partial charge is 0.233 e. The first kappa shape index (κ1) is 9.71. The number of hydrogen-bond donors (Lipinski definition) is 2. The van der Waals surface area contributed by atoms with Crippen LogP contribution in [0.4, 0.5) is 11.1 Å². The summed E-state index contributed by atoms with van der Waals surface area (Å²) in [6.07, 6.45) is 3.69. The van der Waals surface area contributed by atoms with Gasteiger partial charge in [-0.05, 0) is 24.7 Å². The Balaban J connectivity index is 1.94. The van der Waals surface area contributed by atoms with Crippen LogP contribution in [0.15, 0.2) is 0 Å². The summed E-state index contributed by atoms with van der Waals surface area (Å²) in [7, 11) is 0. The molecule has 1 unspecified atom stereocenters. The Morgan fingerprint density at radius 1 is 1.57 bits per heavy atom. The van der Waals surface area contributed by atoms with Crippen LogP contribution >= 0.6 is 11.5 Å². The molecule has 1 saturated carbocycles. The van der Waals surface area contributed by atoms with Crippen LogP contribution in [-0.4, -0.2) is 15.4 Å². The molecule has 0 radical (unpaired) electrons. The fraction of sp³-hybridized carbons (Fsp3) is 0.778. The van der Waals surface area contributed by atoms with Crippen LogP contribution in [0.5, 0.6) is 0 Å². The summed E-state index contributed by atoms with van der Waals surface area (Å²) in [6.45, 7) is 4.62. The first-order valence-electron chi connectivity index (χ1n) is 4.91. The number of hydrogen-bond acceptors (Lipinski definition) is 5. The molecule has 1 heterocycles. The third-order valence-electron chi connectivity index (χ3n) is 2.74. The van der Waals surface area contributed by atoms with E-state index in [-0.39, 0.29) is 0 Å². The van der Waals surface area contributed by atoms with Gasteiger partial charge in [0.15, 0.2) is 0 Å². The largest absolute Gasteiger partial charge is 0.367 e. The zero-order valence-corrected chi connectivity index (χ0v) is 9.40. The Labute approximate surface area is 88.1 Å². The highest BCUT2D eigenvalue weighted by Gasteiger charge is 2.31. The summed E-state index contributed by atoms with van der Waals surface area (Å²) in [6, 6.07) is 0.539. The summed E-state index contributed by atoms with van der Waals surface area (Å²) in [4.78, 5) is 4.10. The molecule has 3 N–H and O–H groups in total. The molecule has 4 nitrogen and oxygen atoms in total. The van der Waals surface area contributed by atoms with Gasteiger partial charge in [-0.25, -0.2) is 0 Å². The first-order chi connectivity index (χ1) is 6.55. The van der Waals surface area contributed by atoms with E-state index in [4.69, 9.17) is 5.73 Å². The summed E-state index contributed by atoms with van der Waals surface area (Å²) in [5.41, 5.74) is 5.92. The Morgan fingerprint density at radius 3 is 2.86 bits per heavy atom. The maximum Gasteiger partial charge on any atom is 0.233 e. The second-order valence-electron chi connectivity index (χ2n) is 4.71. The van der Waals surface area contributed by atoms with E-state index in [2.05, 4.69) is 28.5 Å². The molecule has 2 rings (SSSR count). The topological polar surface area (TPSA) is 63.8 Å². The minimum atomic E-state index is 0.370. The second-order valence-corrected chi connectivity index (χ2v) is 5.46. The van der Waals surface area contributed by atoms with Gasteiger partial charge in [-0.2, -0.15) is 9.36 Å². The number of rotatable bonds is 2. The molecule has 1 aromatic rings. The van der Waals surface area contributed by atoms with Crippen molar-refractivity contribution in [3.63, 3.8) is 0 Å². The van der Waals surface area contributed by atoms with Crippen LogP contribution in [0.3, 0.4) is 0 Å². The van der Waals surface area contributed by atoms with Crippen molar-refractivity contribution in [1.82, 2.24) is 9.36 Å². The maximum atomic E-state index is 5.45. The molecular formula is C9H16N4S. The number of aromatic nitrogens is 2. The summed E-state index contributed by atoms with van der Waals surface area (Å²) in [5.74, 6) is 0.370. The third kappa shape index (κ3) is 2.15. The maximum absolute atomic E-state index is 5.45. The van der Waals surface area contributed by atoms with E-state index in [1.807, 2.05) is 0 Å². The number of nitrogens with two attached hydrogens (primary N) is 1. The van der Waals surface area contributed by atoms with Crippen LogP contribution in [0.25, 0.3) is 0 Å². The number of anilines is 2. The molecule has 1 fully saturated rings. The summed E-state index contributed by atoms with van der Waals surface area (Å²) >= 11 is 1.34. The van der Waals surface area contributed by atoms with Crippen molar-refractivity contribution in [2.24, 2.45) is 5.41 Å². The van der Waals surface area contributed by atoms with E-state index >= 15 is 0 Å². The lowest BCUT2D eigenvalue weighted by Crippen LogP contribution is -2.17. The molecule has 1 aliphatic carbocycles. The minimum Gasteiger partial charge on any atom is -0.367 e. The molecule has 1 aromatic heterocycles.